The monoisotopic (exact) mass is 301 g/mol. The second-order valence-electron chi connectivity index (χ2n) is 4.77. The zero-order valence-electron chi connectivity index (χ0n) is 11.7. The first-order valence-corrected chi connectivity index (χ1v) is 7.71. The Morgan fingerprint density at radius 1 is 1.10 bits per heavy atom. The molecule has 2 aromatic carbocycles. The van der Waals surface area contributed by atoms with Gasteiger partial charge in [-0.15, -0.1) is 0 Å². The number of benzene rings is 2. The van der Waals surface area contributed by atoms with Gasteiger partial charge in [-0.05, 0) is 55.3 Å². The number of nitriles is 1. The molecular formula is C15H15N3O2S. The number of nitrogens with two attached hydrogens (primary N) is 1. The van der Waals surface area contributed by atoms with Gasteiger partial charge in [-0.2, -0.15) is 5.26 Å². The molecule has 2 rings (SSSR count). The van der Waals surface area contributed by atoms with E-state index in [9.17, 15) is 8.42 Å². The van der Waals surface area contributed by atoms with Gasteiger partial charge in [-0.1, -0.05) is 6.07 Å². The van der Waals surface area contributed by atoms with Crippen molar-refractivity contribution in [2.45, 2.75) is 18.7 Å². The summed E-state index contributed by atoms with van der Waals surface area (Å²) in [5, 5.41) is 8.87. The van der Waals surface area contributed by atoms with E-state index in [1.54, 1.807) is 25.1 Å². The summed E-state index contributed by atoms with van der Waals surface area (Å²) in [4.78, 5) is 0.109. The Morgan fingerprint density at radius 3 is 2.38 bits per heavy atom. The van der Waals surface area contributed by atoms with Gasteiger partial charge in [0.05, 0.1) is 22.2 Å². The lowest BCUT2D eigenvalue weighted by molar-refractivity contribution is 0.601. The van der Waals surface area contributed by atoms with Gasteiger partial charge >= 0.3 is 0 Å². The predicted molar refractivity (Wildman–Crippen MR) is 82.3 cm³/mol. The fourth-order valence-corrected chi connectivity index (χ4v) is 2.98. The maximum absolute atomic E-state index is 12.3. The summed E-state index contributed by atoms with van der Waals surface area (Å²) in [5.74, 6) is 0. The first-order chi connectivity index (χ1) is 9.83. The first kappa shape index (κ1) is 14.9. The molecular weight excluding hydrogens is 286 g/mol. The normalized spacial score (nSPS) is 10.9. The fraction of sp³-hybridized carbons (Fsp3) is 0.133. The highest BCUT2D eigenvalue weighted by Crippen LogP contribution is 2.21. The van der Waals surface area contributed by atoms with Crippen LogP contribution in [0.3, 0.4) is 0 Å². The molecule has 0 spiro atoms. The van der Waals surface area contributed by atoms with Crippen LogP contribution in [0.15, 0.2) is 41.3 Å². The molecule has 0 saturated heterocycles. The van der Waals surface area contributed by atoms with E-state index in [4.69, 9.17) is 11.0 Å². The molecule has 0 heterocycles. The number of rotatable bonds is 3. The topological polar surface area (TPSA) is 96.0 Å². The molecule has 5 nitrogen and oxygen atoms in total. The van der Waals surface area contributed by atoms with Crippen LogP contribution < -0.4 is 10.5 Å². The maximum Gasteiger partial charge on any atom is 0.261 e. The summed E-state index contributed by atoms with van der Waals surface area (Å²) in [7, 11) is -3.71. The Hall–Kier alpha value is -2.52. The summed E-state index contributed by atoms with van der Waals surface area (Å²) < 4.78 is 27.1. The molecule has 6 heteroatoms. The number of sulfonamides is 1. The highest BCUT2D eigenvalue weighted by Gasteiger charge is 2.15. The summed E-state index contributed by atoms with van der Waals surface area (Å²) >= 11 is 0. The molecule has 0 atom stereocenters. The van der Waals surface area contributed by atoms with Crippen LogP contribution in [0.1, 0.15) is 16.7 Å². The molecule has 0 aliphatic rings. The minimum absolute atomic E-state index is 0.109. The second kappa shape index (κ2) is 5.46. The van der Waals surface area contributed by atoms with E-state index in [1.165, 1.54) is 18.2 Å². The molecule has 0 amide bonds. The standard InChI is InChI=1S/C15H15N3O2S/c1-10-3-5-13(8-15(10)17)18-21(19,20)14-6-4-12(9-16)11(2)7-14/h3-8,18H,17H2,1-2H3. The van der Waals surface area contributed by atoms with Gasteiger partial charge in [0.2, 0.25) is 0 Å². The molecule has 0 radical (unpaired) electrons. The van der Waals surface area contributed by atoms with Gasteiger partial charge in [0, 0.05) is 5.69 Å². The van der Waals surface area contributed by atoms with Gasteiger partial charge in [-0.25, -0.2) is 8.42 Å². The molecule has 0 aromatic heterocycles. The molecule has 0 bridgehead atoms. The largest absolute Gasteiger partial charge is 0.398 e. The van der Waals surface area contributed by atoms with Crippen molar-refractivity contribution in [3.63, 3.8) is 0 Å². The third kappa shape index (κ3) is 3.15. The third-order valence-electron chi connectivity index (χ3n) is 3.16. The van der Waals surface area contributed by atoms with Crippen LogP contribution in [0.25, 0.3) is 0 Å². The predicted octanol–water partition coefficient (Wildman–Crippen LogP) is 2.56. The zero-order valence-corrected chi connectivity index (χ0v) is 12.5. The van der Waals surface area contributed by atoms with Crippen molar-refractivity contribution in [3.05, 3.63) is 53.1 Å². The fourth-order valence-electron chi connectivity index (χ4n) is 1.85. The molecule has 0 saturated carbocycles. The van der Waals surface area contributed by atoms with Crippen LogP contribution in [0.5, 0.6) is 0 Å². The van der Waals surface area contributed by atoms with Crippen LogP contribution in [0.2, 0.25) is 0 Å². The van der Waals surface area contributed by atoms with Gasteiger partial charge in [0.15, 0.2) is 0 Å². The van der Waals surface area contributed by atoms with Gasteiger partial charge in [0.25, 0.3) is 10.0 Å². The lowest BCUT2D eigenvalue weighted by atomic mass is 10.1. The van der Waals surface area contributed by atoms with Crippen LogP contribution >= 0.6 is 0 Å². The van der Waals surface area contributed by atoms with Crippen molar-refractivity contribution >= 4 is 21.4 Å². The Labute approximate surface area is 124 Å². The highest BCUT2D eigenvalue weighted by atomic mass is 32.2. The minimum Gasteiger partial charge on any atom is -0.398 e. The number of hydrogen-bond donors (Lipinski definition) is 2. The number of anilines is 2. The van der Waals surface area contributed by atoms with Gasteiger partial charge in [0.1, 0.15) is 0 Å². The first-order valence-electron chi connectivity index (χ1n) is 6.23. The zero-order chi connectivity index (χ0) is 15.6. The van der Waals surface area contributed by atoms with Crippen molar-refractivity contribution in [2.75, 3.05) is 10.5 Å². The Morgan fingerprint density at radius 2 is 1.81 bits per heavy atom. The SMILES string of the molecule is Cc1ccc(NS(=O)(=O)c2ccc(C#N)c(C)c2)cc1N. The molecule has 108 valence electrons. The van der Waals surface area contributed by atoms with Crippen LogP contribution in [-0.2, 0) is 10.0 Å². The van der Waals surface area contributed by atoms with Crippen LogP contribution in [-0.4, -0.2) is 8.42 Å². The summed E-state index contributed by atoms with van der Waals surface area (Å²) in [6.07, 6.45) is 0. The minimum atomic E-state index is -3.71. The van der Waals surface area contributed by atoms with E-state index in [2.05, 4.69) is 4.72 Å². The Kier molecular flexibility index (Phi) is 3.87. The number of aryl methyl sites for hydroxylation is 2. The lowest BCUT2D eigenvalue weighted by Gasteiger charge is -2.10. The summed E-state index contributed by atoms with van der Waals surface area (Å²) in [5.41, 5.74) is 8.64. The second-order valence-corrected chi connectivity index (χ2v) is 6.45. The smallest absolute Gasteiger partial charge is 0.261 e. The highest BCUT2D eigenvalue weighted by molar-refractivity contribution is 7.92. The Bertz CT molecular complexity index is 836. The van der Waals surface area contributed by atoms with Crippen LogP contribution in [0.4, 0.5) is 11.4 Å². The van der Waals surface area contributed by atoms with Gasteiger partial charge in [-0.3, -0.25) is 4.72 Å². The lowest BCUT2D eigenvalue weighted by Crippen LogP contribution is -2.13. The molecule has 0 fully saturated rings. The van der Waals surface area contributed by atoms with Crippen LogP contribution in [0, 0.1) is 25.2 Å². The van der Waals surface area contributed by atoms with Crippen molar-refractivity contribution in [1.82, 2.24) is 0 Å². The molecule has 0 aliphatic carbocycles. The van der Waals surface area contributed by atoms with Crippen molar-refractivity contribution in [2.24, 2.45) is 0 Å². The van der Waals surface area contributed by atoms with E-state index in [0.717, 1.165) is 5.56 Å². The molecule has 0 unspecified atom stereocenters. The number of hydrogen-bond acceptors (Lipinski definition) is 4. The van der Waals surface area contributed by atoms with E-state index < -0.39 is 10.0 Å². The van der Waals surface area contributed by atoms with E-state index in [-0.39, 0.29) is 4.90 Å². The number of nitrogens with zero attached hydrogens (tertiary/aromatic N) is 1. The average Bonchev–Trinajstić information content (AvgIpc) is 2.42. The van der Waals surface area contributed by atoms with E-state index >= 15 is 0 Å². The quantitative estimate of drug-likeness (QED) is 0.851. The van der Waals surface area contributed by atoms with Crippen molar-refractivity contribution < 1.29 is 8.42 Å². The number of nitrogens with one attached hydrogen (secondary N) is 1. The van der Waals surface area contributed by atoms with Crippen molar-refractivity contribution in [3.8, 4) is 6.07 Å². The summed E-state index contributed by atoms with van der Waals surface area (Å²) in [6, 6.07) is 11.4. The molecule has 21 heavy (non-hydrogen) atoms. The molecule has 2 aromatic rings. The average molecular weight is 301 g/mol. The molecule has 0 aliphatic heterocycles. The third-order valence-corrected chi connectivity index (χ3v) is 4.54. The van der Waals surface area contributed by atoms with E-state index in [1.807, 2.05) is 13.0 Å². The van der Waals surface area contributed by atoms with Gasteiger partial charge < -0.3 is 5.73 Å². The molecule has 3 N–H and O–H groups in total. The summed E-state index contributed by atoms with van der Waals surface area (Å²) in [6.45, 7) is 3.54. The Balaban J connectivity index is 2.36. The van der Waals surface area contributed by atoms with Crippen molar-refractivity contribution in [1.29, 1.82) is 5.26 Å². The van der Waals surface area contributed by atoms with E-state index in [0.29, 0.717) is 22.5 Å². The number of nitrogen functional groups attached to an aromatic ring is 1. The maximum atomic E-state index is 12.3.